The Labute approximate surface area is 151 Å². The highest BCUT2D eigenvalue weighted by Crippen LogP contribution is 2.31. The second-order valence-electron chi connectivity index (χ2n) is 7.50. The van der Waals surface area contributed by atoms with Crippen LogP contribution in [0.25, 0.3) is 0 Å². The SMILES string of the molecule is CN1CCN(CCOCCOc2ccc(C(C)(C)C)cc2Cl)CC1. The molecule has 136 valence electrons. The van der Waals surface area contributed by atoms with Gasteiger partial charge < -0.3 is 14.4 Å². The van der Waals surface area contributed by atoms with Gasteiger partial charge >= 0.3 is 0 Å². The second-order valence-corrected chi connectivity index (χ2v) is 7.91. The fourth-order valence-corrected chi connectivity index (χ4v) is 2.90. The molecule has 1 fully saturated rings. The summed E-state index contributed by atoms with van der Waals surface area (Å²) in [5.41, 5.74) is 1.30. The van der Waals surface area contributed by atoms with E-state index in [0.717, 1.165) is 45.1 Å². The Bertz CT molecular complexity index is 509. The summed E-state index contributed by atoms with van der Waals surface area (Å²) in [7, 11) is 2.17. The van der Waals surface area contributed by atoms with Crippen LogP contribution in [0.15, 0.2) is 18.2 Å². The molecule has 0 aliphatic carbocycles. The van der Waals surface area contributed by atoms with Gasteiger partial charge in [0.25, 0.3) is 0 Å². The van der Waals surface area contributed by atoms with Gasteiger partial charge in [0.05, 0.1) is 18.2 Å². The minimum absolute atomic E-state index is 0.0918. The van der Waals surface area contributed by atoms with Crippen molar-refractivity contribution in [1.29, 1.82) is 0 Å². The van der Waals surface area contributed by atoms with Crippen molar-refractivity contribution in [3.63, 3.8) is 0 Å². The zero-order valence-electron chi connectivity index (χ0n) is 15.5. The number of halogens is 1. The van der Waals surface area contributed by atoms with Crippen molar-refractivity contribution in [2.24, 2.45) is 0 Å². The molecule has 1 heterocycles. The molecule has 2 rings (SSSR count). The standard InChI is InChI=1S/C19H31ClN2O2/c1-19(2,3)16-5-6-18(17(20)15-16)24-14-13-23-12-11-22-9-7-21(4)8-10-22/h5-6,15H,7-14H2,1-4H3. The first-order valence-electron chi connectivity index (χ1n) is 8.78. The lowest BCUT2D eigenvalue weighted by Crippen LogP contribution is -2.45. The van der Waals surface area contributed by atoms with Gasteiger partial charge in [-0.2, -0.15) is 0 Å². The summed E-state index contributed by atoms with van der Waals surface area (Å²) in [4.78, 5) is 4.81. The van der Waals surface area contributed by atoms with Crippen LogP contribution in [0.4, 0.5) is 0 Å². The molecular weight excluding hydrogens is 324 g/mol. The van der Waals surface area contributed by atoms with Crippen molar-refractivity contribution in [2.45, 2.75) is 26.2 Å². The van der Waals surface area contributed by atoms with E-state index in [0.29, 0.717) is 18.2 Å². The minimum atomic E-state index is 0.0918. The first-order valence-corrected chi connectivity index (χ1v) is 9.15. The molecule has 0 saturated carbocycles. The Morgan fingerprint density at radius 3 is 2.38 bits per heavy atom. The molecule has 0 unspecified atom stereocenters. The van der Waals surface area contributed by atoms with E-state index in [1.165, 1.54) is 5.56 Å². The molecule has 1 aliphatic rings. The number of hydrogen-bond donors (Lipinski definition) is 0. The Hall–Kier alpha value is -0.810. The number of hydrogen-bond acceptors (Lipinski definition) is 4. The van der Waals surface area contributed by atoms with Crippen molar-refractivity contribution < 1.29 is 9.47 Å². The number of rotatable bonds is 7. The van der Waals surface area contributed by atoms with Crippen molar-refractivity contribution in [3.05, 3.63) is 28.8 Å². The van der Waals surface area contributed by atoms with Gasteiger partial charge in [0.1, 0.15) is 12.4 Å². The number of ether oxygens (including phenoxy) is 2. The number of benzene rings is 1. The van der Waals surface area contributed by atoms with Gasteiger partial charge in [0.2, 0.25) is 0 Å². The molecule has 5 heteroatoms. The van der Waals surface area contributed by atoms with Crippen LogP contribution in [0.3, 0.4) is 0 Å². The summed E-state index contributed by atoms with van der Waals surface area (Å²) in [6.45, 7) is 13.9. The summed E-state index contributed by atoms with van der Waals surface area (Å²) in [5.74, 6) is 0.729. The quantitative estimate of drug-likeness (QED) is 0.701. The van der Waals surface area contributed by atoms with Crippen molar-refractivity contribution >= 4 is 11.6 Å². The molecule has 1 aromatic rings. The lowest BCUT2D eigenvalue weighted by Gasteiger charge is -2.32. The molecule has 0 aromatic heterocycles. The summed E-state index contributed by atoms with van der Waals surface area (Å²) in [5, 5.41) is 0.667. The summed E-state index contributed by atoms with van der Waals surface area (Å²) in [6, 6.07) is 6.02. The molecule has 0 N–H and O–H groups in total. The Balaban J connectivity index is 1.62. The zero-order chi connectivity index (χ0) is 17.6. The van der Waals surface area contributed by atoms with Gasteiger partial charge in [-0.25, -0.2) is 0 Å². The fraction of sp³-hybridized carbons (Fsp3) is 0.684. The monoisotopic (exact) mass is 354 g/mol. The summed E-state index contributed by atoms with van der Waals surface area (Å²) in [6.07, 6.45) is 0. The summed E-state index contributed by atoms with van der Waals surface area (Å²) >= 11 is 6.31. The third-order valence-electron chi connectivity index (χ3n) is 4.43. The largest absolute Gasteiger partial charge is 0.490 e. The minimum Gasteiger partial charge on any atom is -0.490 e. The van der Waals surface area contributed by atoms with Gasteiger partial charge in [-0.05, 0) is 30.2 Å². The zero-order valence-corrected chi connectivity index (χ0v) is 16.2. The molecule has 24 heavy (non-hydrogen) atoms. The van der Waals surface area contributed by atoms with E-state index in [2.05, 4.69) is 43.7 Å². The molecule has 0 amide bonds. The number of likely N-dealkylation sites (N-methyl/N-ethyl adjacent to an activating group) is 1. The Morgan fingerprint density at radius 2 is 1.75 bits per heavy atom. The van der Waals surface area contributed by atoms with Crippen LogP contribution in [-0.2, 0) is 10.2 Å². The van der Waals surface area contributed by atoms with E-state index in [9.17, 15) is 0 Å². The molecular formula is C19H31ClN2O2. The maximum absolute atomic E-state index is 6.31. The molecule has 4 nitrogen and oxygen atoms in total. The van der Waals surface area contributed by atoms with Gasteiger partial charge in [0.15, 0.2) is 0 Å². The molecule has 1 aliphatic heterocycles. The van der Waals surface area contributed by atoms with Crippen LogP contribution >= 0.6 is 11.6 Å². The van der Waals surface area contributed by atoms with Crippen LogP contribution in [0.2, 0.25) is 5.02 Å². The average molecular weight is 355 g/mol. The first-order chi connectivity index (χ1) is 11.4. The topological polar surface area (TPSA) is 24.9 Å². The van der Waals surface area contributed by atoms with Crippen LogP contribution in [0.1, 0.15) is 26.3 Å². The molecule has 0 radical (unpaired) electrons. The predicted molar refractivity (Wildman–Crippen MR) is 100 cm³/mol. The highest BCUT2D eigenvalue weighted by molar-refractivity contribution is 6.32. The lowest BCUT2D eigenvalue weighted by molar-refractivity contribution is 0.0658. The highest BCUT2D eigenvalue weighted by atomic mass is 35.5. The van der Waals surface area contributed by atoms with E-state index >= 15 is 0 Å². The molecule has 0 bridgehead atoms. The van der Waals surface area contributed by atoms with E-state index < -0.39 is 0 Å². The van der Waals surface area contributed by atoms with E-state index in [1.54, 1.807) is 0 Å². The average Bonchev–Trinajstić information content (AvgIpc) is 2.52. The van der Waals surface area contributed by atoms with Crippen molar-refractivity contribution in [3.8, 4) is 5.75 Å². The van der Waals surface area contributed by atoms with Gasteiger partial charge in [-0.1, -0.05) is 38.4 Å². The van der Waals surface area contributed by atoms with Gasteiger partial charge in [-0.15, -0.1) is 0 Å². The van der Waals surface area contributed by atoms with Gasteiger partial charge in [-0.3, -0.25) is 4.90 Å². The third-order valence-corrected chi connectivity index (χ3v) is 4.73. The Kier molecular flexibility index (Phi) is 7.35. The van der Waals surface area contributed by atoms with E-state index in [4.69, 9.17) is 21.1 Å². The van der Waals surface area contributed by atoms with E-state index in [1.807, 2.05) is 12.1 Å². The molecule has 1 aromatic carbocycles. The molecule has 1 saturated heterocycles. The third kappa shape index (κ3) is 6.25. The molecule has 0 atom stereocenters. The maximum atomic E-state index is 6.31. The van der Waals surface area contributed by atoms with Crippen LogP contribution < -0.4 is 4.74 Å². The van der Waals surface area contributed by atoms with Crippen LogP contribution in [-0.4, -0.2) is 69.4 Å². The first kappa shape index (κ1) is 19.5. The summed E-state index contributed by atoms with van der Waals surface area (Å²) < 4.78 is 11.4. The normalized spacial score (nSPS) is 17.2. The molecule has 0 spiro atoms. The van der Waals surface area contributed by atoms with Crippen molar-refractivity contribution in [1.82, 2.24) is 9.80 Å². The number of nitrogens with zero attached hydrogens (tertiary/aromatic N) is 2. The maximum Gasteiger partial charge on any atom is 0.138 e. The number of piperazine rings is 1. The van der Waals surface area contributed by atoms with Crippen LogP contribution in [0.5, 0.6) is 5.75 Å². The smallest absolute Gasteiger partial charge is 0.138 e. The lowest BCUT2D eigenvalue weighted by atomic mass is 9.87. The predicted octanol–water partition coefficient (Wildman–Crippen LogP) is 3.28. The highest BCUT2D eigenvalue weighted by Gasteiger charge is 2.15. The van der Waals surface area contributed by atoms with Crippen molar-refractivity contribution in [2.75, 3.05) is 59.6 Å². The van der Waals surface area contributed by atoms with Crippen LogP contribution in [0, 0.1) is 0 Å². The van der Waals surface area contributed by atoms with Gasteiger partial charge in [0, 0.05) is 32.7 Å². The van der Waals surface area contributed by atoms with E-state index in [-0.39, 0.29) is 5.41 Å². The fourth-order valence-electron chi connectivity index (χ4n) is 2.66. The Morgan fingerprint density at radius 1 is 1.04 bits per heavy atom. The second kappa shape index (κ2) is 9.04.